The van der Waals surface area contributed by atoms with Gasteiger partial charge < -0.3 is 4.98 Å². The Balaban J connectivity index is 2.19. The molecule has 18 heavy (non-hydrogen) atoms. The zero-order chi connectivity index (χ0) is 12.7. The van der Waals surface area contributed by atoms with Crippen molar-refractivity contribution in [2.45, 2.75) is 6.92 Å². The Hall–Kier alpha value is -1.32. The van der Waals surface area contributed by atoms with Gasteiger partial charge in [-0.25, -0.2) is 4.98 Å². The molecule has 1 aromatic heterocycles. The van der Waals surface area contributed by atoms with Gasteiger partial charge >= 0.3 is 0 Å². The van der Waals surface area contributed by atoms with E-state index in [9.17, 15) is 0 Å². The van der Waals surface area contributed by atoms with Gasteiger partial charge in [0.05, 0.1) is 10.5 Å². The molecule has 1 N–H and O–H groups in total. The molecule has 3 rings (SSSR count). The molecule has 90 valence electrons. The van der Waals surface area contributed by atoms with Gasteiger partial charge in [0, 0.05) is 10.0 Å². The molecule has 0 aliphatic rings. The summed E-state index contributed by atoms with van der Waals surface area (Å²) in [4.78, 5) is 7.85. The van der Waals surface area contributed by atoms with Gasteiger partial charge in [-0.15, -0.1) is 0 Å². The van der Waals surface area contributed by atoms with Crippen LogP contribution in [0.4, 0.5) is 0 Å². The second kappa shape index (κ2) is 4.41. The molecule has 0 bridgehead atoms. The third-order valence-electron chi connectivity index (χ3n) is 2.80. The predicted octanol–water partition coefficient (Wildman–Crippen LogP) is 4.95. The number of halogens is 2. The number of aromatic nitrogens is 2. The van der Waals surface area contributed by atoms with Crippen molar-refractivity contribution in [2.24, 2.45) is 0 Å². The van der Waals surface area contributed by atoms with Gasteiger partial charge in [-0.2, -0.15) is 0 Å². The molecule has 3 aromatic rings. The standard InChI is InChI=1S/C14H10BrClN2/c1-8-6-11(16)13-12(7-8)17-14(18-13)9-2-4-10(15)5-3-9/h2-7H,1H3,(H,17,18). The van der Waals surface area contributed by atoms with E-state index in [1.54, 1.807) is 0 Å². The molecule has 4 heteroatoms. The Morgan fingerprint density at radius 3 is 2.61 bits per heavy atom. The number of aryl methyl sites for hydroxylation is 1. The summed E-state index contributed by atoms with van der Waals surface area (Å²) in [7, 11) is 0. The number of fused-ring (bicyclic) bond motifs is 1. The maximum atomic E-state index is 6.20. The van der Waals surface area contributed by atoms with Crippen LogP contribution in [0.25, 0.3) is 22.4 Å². The quantitative estimate of drug-likeness (QED) is 0.674. The second-order valence-electron chi connectivity index (χ2n) is 4.24. The van der Waals surface area contributed by atoms with Gasteiger partial charge in [-0.3, -0.25) is 0 Å². The molecular weight excluding hydrogens is 312 g/mol. The molecule has 0 fully saturated rings. The van der Waals surface area contributed by atoms with E-state index >= 15 is 0 Å². The summed E-state index contributed by atoms with van der Waals surface area (Å²) in [6.45, 7) is 2.02. The summed E-state index contributed by atoms with van der Waals surface area (Å²) >= 11 is 9.62. The summed E-state index contributed by atoms with van der Waals surface area (Å²) in [5, 5.41) is 0.685. The summed E-state index contributed by atoms with van der Waals surface area (Å²) in [6, 6.07) is 12.0. The fraction of sp³-hybridized carbons (Fsp3) is 0.0714. The highest BCUT2D eigenvalue weighted by atomic mass is 79.9. The van der Waals surface area contributed by atoms with Crippen molar-refractivity contribution in [3.8, 4) is 11.4 Å². The maximum Gasteiger partial charge on any atom is 0.138 e. The molecular formula is C14H10BrClN2. The van der Waals surface area contributed by atoms with Crippen LogP contribution in [0.3, 0.4) is 0 Å². The van der Waals surface area contributed by atoms with E-state index in [0.717, 1.165) is 32.5 Å². The molecule has 0 unspecified atom stereocenters. The van der Waals surface area contributed by atoms with Gasteiger partial charge in [0.25, 0.3) is 0 Å². The van der Waals surface area contributed by atoms with Crippen LogP contribution >= 0.6 is 27.5 Å². The maximum absolute atomic E-state index is 6.20. The fourth-order valence-electron chi connectivity index (χ4n) is 1.96. The number of hydrogen-bond donors (Lipinski definition) is 1. The highest BCUT2D eigenvalue weighted by molar-refractivity contribution is 9.10. The summed E-state index contributed by atoms with van der Waals surface area (Å²) in [6.07, 6.45) is 0. The monoisotopic (exact) mass is 320 g/mol. The number of aromatic amines is 1. The Morgan fingerprint density at radius 2 is 1.89 bits per heavy atom. The molecule has 1 heterocycles. The van der Waals surface area contributed by atoms with E-state index in [2.05, 4.69) is 32.0 Å². The molecule has 0 atom stereocenters. The largest absolute Gasteiger partial charge is 0.338 e. The van der Waals surface area contributed by atoms with E-state index in [4.69, 9.17) is 11.6 Å². The van der Waals surface area contributed by atoms with Crippen molar-refractivity contribution in [1.29, 1.82) is 0 Å². The first kappa shape index (κ1) is 11.8. The lowest BCUT2D eigenvalue weighted by Crippen LogP contribution is -1.79. The Labute approximate surface area is 118 Å². The van der Waals surface area contributed by atoms with Gasteiger partial charge in [-0.1, -0.05) is 39.7 Å². The van der Waals surface area contributed by atoms with E-state index in [0.29, 0.717) is 5.02 Å². The van der Waals surface area contributed by atoms with E-state index < -0.39 is 0 Å². The lowest BCUT2D eigenvalue weighted by molar-refractivity contribution is 1.33. The van der Waals surface area contributed by atoms with E-state index in [1.807, 2.05) is 37.3 Å². The predicted molar refractivity (Wildman–Crippen MR) is 79.0 cm³/mol. The first-order valence-corrected chi connectivity index (χ1v) is 6.72. The van der Waals surface area contributed by atoms with Gasteiger partial charge in [0.1, 0.15) is 11.3 Å². The molecule has 0 amide bonds. The normalized spacial score (nSPS) is 11.1. The average molecular weight is 322 g/mol. The van der Waals surface area contributed by atoms with Crippen LogP contribution in [0.2, 0.25) is 5.02 Å². The molecule has 0 aliphatic heterocycles. The Bertz CT molecular complexity index is 716. The van der Waals surface area contributed by atoms with Crippen LogP contribution in [-0.2, 0) is 0 Å². The molecule has 2 aromatic carbocycles. The molecule has 0 saturated heterocycles. The first-order chi connectivity index (χ1) is 8.63. The Morgan fingerprint density at radius 1 is 1.17 bits per heavy atom. The lowest BCUT2D eigenvalue weighted by Gasteiger charge is -1.95. The number of rotatable bonds is 1. The van der Waals surface area contributed by atoms with Crippen LogP contribution in [0.15, 0.2) is 40.9 Å². The lowest BCUT2D eigenvalue weighted by atomic mass is 10.2. The summed E-state index contributed by atoms with van der Waals surface area (Å²) in [5.74, 6) is 0.838. The van der Waals surface area contributed by atoms with Crippen molar-refractivity contribution < 1.29 is 0 Å². The minimum absolute atomic E-state index is 0.685. The van der Waals surface area contributed by atoms with Crippen LogP contribution in [0.1, 0.15) is 5.56 Å². The van der Waals surface area contributed by atoms with Crippen LogP contribution in [0, 0.1) is 6.92 Å². The summed E-state index contributed by atoms with van der Waals surface area (Å²) in [5.41, 5.74) is 3.96. The number of imidazole rings is 1. The topological polar surface area (TPSA) is 28.7 Å². The van der Waals surface area contributed by atoms with Crippen LogP contribution < -0.4 is 0 Å². The summed E-state index contributed by atoms with van der Waals surface area (Å²) < 4.78 is 1.05. The minimum Gasteiger partial charge on any atom is -0.338 e. The van der Waals surface area contributed by atoms with Gasteiger partial charge in [-0.05, 0) is 36.8 Å². The molecule has 2 nitrogen and oxygen atoms in total. The molecule has 0 saturated carbocycles. The van der Waals surface area contributed by atoms with E-state index in [-0.39, 0.29) is 0 Å². The third-order valence-corrected chi connectivity index (χ3v) is 3.62. The van der Waals surface area contributed by atoms with Gasteiger partial charge in [0.2, 0.25) is 0 Å². The zero-order valence-corrected chi connectivity index (χ0v) is 12.0. The second-order valence-corrected chi connectivity index (χ2v) is 5.56. The van der Waals surface area contributed by atoms with Crippen molar-refractivity contribution in [3.63, 3.8) is 0 Å². The number of benzene rings is 2. The highest BCUT2D eigenvalue weighted by Gasteiger charge is 2.08. The Kier molecular flexibility index (Phi) is 2.88. The molecule has 0 aliphatic carbocycles. The molecule has 0 radical (unpaired) electrons. The first-order valence-electron chi connectivity index (χ1n) is 5.55. The van der Waals surface area contributed by atoms with Crippen molar-refractivity contribution in [2.75, 3.05) is 0 Å². The fourth-order valence-corrected chi connectivity index (χ4v) is 2.54. The number of nitrogens with zero attached hydrogens (tertiary/aromatic N) is 1. The van der Waals surface area contributed by atoms with Gasteiger partial charge in [0.15, 0.2) is 0 Å². The van der Waals surface area contributed by atoms with Crippen molar-refractivity contribution >= 4 is 38.6 Å². The van der Waals surface area contributed by atoms with Crippen LogP contribution in [-0.4, -0.2) is 9.97 Å². The van der Waals surface area contributed by atoms with Crippen LogP contribution in [0.5, 0.6) is 0 Å². The van der Waals surface area contributed by atoms with Crippen molar-refractivity contribution in [3.05, 3.63) is 51.5 Å². The zero-order valence-electron chi connectivity index (χ0n) is 9.67. The smallest absolute Gasteiger partial charge is 0.138 e. The number of hydrogen-bond acceptors (Lipinski definition) is 1. The average Bonchev–Trinajstić information content (AvgIpc) is 2.74. The third kappa shape index (κ3) is 2.04. The highest BCUT2D eigenvalue weighted by Crippen LogP contribution is 2.27. The SMILES string of the molecule is Cc1cc(Cl)c2nc(-c3ccc(Br)cc3)[nH]c2c1. The van der Waals surface area contributed by atoms with Crippen molar-refractivity contribution in [1.82, 2.24) is 9.97 Å². The minimum atomic E-state index is 0.685. The van der Waals surface area contributed by atoms with E-state index in [1.165, 1.54) is 0 Å². The number of nitrogens with one attached hydrogen (secondary N) is 1. The molecule has 0 spiro atoms. The number of H-pyrrole nitrogens is 1.